The van der Waals surface area contributed by atoms with E-state index >= 15 is 0 Å². The van der Waals surface area contributed by atoms with E-state index in [4.69, 9.17) is 5.11 Å². The van der Waals surface area contributed by atoms with Gasteiger partial charge in [-0.2, -0.15) is 0 Å². The predicted molar refractivity (Wildman–Crippen MR) is 65.1 cm³/mol. The number of hydrogen-bond acceptors (Lipinski definition) is 2. The molecule has 2 nitrogen and oxygen atoms in total. The number of aromatic hydroxyl groups is 1. The highest BCUT2D eigenvalue weighted by Crippen LogP contribution is 2.09. The molecule has 2 rings (SSSR count). The normalized spacial score (nSPS) is 10.4. The van der Waals surface area contributed by atoms with Gasteiger partial charge in [-0.05, 0) is 35.4 Å². The average Bonchev–Trinajstić information content (AvgIpc) is 2.34. The van der Waals surface area contributed by atoms with Crippen LogP contribution in [0, 0.1) is 5.82 Å². The third-order valence-electron chi connectivity index (χ3n) is 2.51. The van der Waals surface area contributed by atoms with Crippen LogP contribution in [-0.2, 0) is 13.1 Å². The third-order valence-corrected chi connectivity index (χ3v) is 2.51. The number of hydrogen-bond donors (Lipinski definition) is 2. The van der Waals surface area contributed by atoms with Crippen molar-refractivity contribution in [3.05, 3.63) is 65.5 Å². The fourth-order valence-corrected chi connectivity index (χ4v) is 1.57. The molecule has 0 aliphatic rings. The minimum atomic E-state index is -0.215. The Bertz CT molecular complexity index is 419. The van der Waals surface area contributed by atoms with Gasteiger partial charge in [0.15, 0.2) is 0 Å². The molecule has 0 atom stereocenters. The van der Waals surface area contributed by atoms with Crippen LogP contribution in [0.2, 0.25) is 0 Å². The van der Waals surface area contributed by atoms with Crippen LogP contribution in [0.4, 0.5) is 4.39 Å². The van der Waals surface area contributed by atoms with Crippen LogP contribution in [0.25, 0.3) is 0 Å². The monoisotopic (exact) mass is 231 g/mol. The fraction of sp³-hybridized carbons (Fsp3) is 0.143. The molecule has 3 heteroatoms. The average molecular weight is 231 g/mol. The minimum Gasteiger partial charge on any atom is -0.508 e. The molecule has 0 bridgehead atoms. The van der Waals surface area contributed by atoms with E-state index in [-0.39, 0.29) is 11.6 Å². The molecule has 0 heterocycles. The van der Waals surface area contributed by atoms with E-state index in [0.29, 0.717) is 6.54 Å². The number of nitrogens with one attached hydrogen (secondary N) is 1. The Labute approximate surface area is 99.7 Å². The Kier molecular flexibility index (Phi) is 3.73. The van der Waals surface area contributed by atoms with Gasteiger partial charge in [0.1, 0.15) is 11.6 Å². The van der Waals surface area contributed by atoms with Crippen molar-refractivity contribution in [1.29, 1.82) is 0 Å². The van der Waals surface area contributed by atoms with Gasteiger partial charge >= 0.3 is 0 Å². The number of benzene rings is 2. The lowest BCUT2D eigenvalue weighted by atomic mass is 10.2. The molecule has 0 unspecified atom stereocenters. The molecule has 0 saturated carbocycles. The van der Waals surface area contributed by atoms with E-state index in [0.717, 1.165) is 17.7 Å². The topological polar surface area (TPSA) is 32.3 Å². The molecular weight excluding hydrogens is 217 g/mol. The Balaban J connectivity index is 1.83. The second-order valence-corrected chi connectivity index (χ2v) is 3.90. The predicted octanol–water partition coefficient (Wildman–Crippen LogP) is 2.82. The van der Waals surface area contributed by atoms with Gasteiger partial charge in [0.05, 0.1) is 0 Å². The molecule has 2 N–H and O–H groups in total. The molecule has 0 aliphatic heterocycles. The van der Waals surface area contributed by atoms with Crippen molar-refractivity contribution in [3.63, 3.8) is 0 Å². The summed E-state index contributed by atoms with van der Waals surface area (Å²) in [7, 11) is 0. The molecule has 0 amide bonds. The molecule has 17 heavy (non-hydrogen) atoms. The molecule has 0 aliphatic carbocycles. The lowest BCUT2D eigenvalue weighted by Crippen LogP contribution is -2.12. The molecule has 0 saturated heterocycles. The van der Waals surface area contributed by atoms with E-state index in [1.807, 2.05) is 12.1 Å². The van der Waals surface area contributed by atoms with Gasteiger partial charge in [-0.1, -0.05) is 24.3 Å². The third kappa shape index (κ3) is 3.57. The second-order valence-electron chi connectivity index (χ2n) is 3.90. The standard InChI is InChI=1S/C14H14FNO/c15-13-5-1-11(2-6-13)9-16-10-12-3-7-14(17)8-4-12/h1-8,16-17H,9-10H2. The van der Waals surface area contributed by atoms with Gasteiger partial charge in [-0.3, -0.25) is 0 Å². The number of phenolic OH excluding ortho intramolecular Hbond substituents is 1. The van der Waals surface area contributed by atoms with Crippen molar-refractivity contribution in [2.75, 3.05) is 0 Å². The summed E-state index contributed by atoms with van der Waals surface area (Å²) >= 11 is 0. The first kappa shape index (κ1) is 11.6. The lowest BCUT2D eigenvalue weighted by Gasteiger charge is -2.05. The summed E-state index contributed by atoms with van der Waals surface area (Å²) in [5, 5.41) is 12.4. The summed E-state index contributed by atoms with van der Waals surface area (Å²) in [5.74, 6) is 0.0552. The molecule has 88 valence electrons. The van der Waals surface area contributed by atoms with Crippen LogP contribution >= 0.6 is 0 Å². The van der Waals surface area contributed by atoms with Gasteiger partial charge in [0.2, 0.25) is 0 Å². The maximum atomic E-state index is 12.7. The van der Waals surface area contributed by atoms with Gasteiger partial charge in [0, 0.05) is 13.1 Å². The molecule has 2 aromatic rings. The van der Waals surface area contributed by atoms with Gasteiger partial charge in [-0.15, -0.1) is 0 Å². The van der Waals surface area contributed by atoms with E-state index in [9.17, 15) is 4.39 Å². The molecule has 0 spiro atoms. The largest absolute Gasteiger partial charge is 0.508 e. The number of halogens is 1. The summed E-state index contributed by atoms with van der Waals surface area (Å²) in [5.41, 5.74) is 2.15. The van der Waals surface area contributed by atoms with Crippen molar-refractivity contribution in [2.24, 2.45) is 0 Å². The van der Waals surface area contributed by atoms with Gasteiger partial charge in [0.25, 0.3) is 0 Å². The zero-order chi connectivity index (χ0) is 12.1. The first-order valence-corrected chi connectivity index (χ1v) is 5.47. The van der Waals surface area contributed by atoms with Crippen LogP contribution in [0.5, 0.6) is 5.75 Å². The van der Waals surface area contributed by atoms with Crippen molar-refractivity contribution in [1.82, 2.24) is 5.32 Å². The van der Waals surface area contributed by atoms with Crippen LogP contribution in [0.3, 0.4) is 0 Å². The fourth-order valence-electron chi connectivity index (χ4n) is 1.57. The summed E-state index contributed by atoms with van der Waals surface area (Å²) in [6.07, 6.45) is 0. The van der Waals surface area contributed by atoms with Crippen LogP contribution in [-0.4, -0.2) is 5.11 Å². The number of phenols is 1. The maximum Gasteiger partial charge on any atom is 0.123 e. The zero-order valence-corrected chi connectivity index (χ0v) is 9.36. The lowest BCUT2D eigenvalue weighted by molar-refractivity contribution is 0.475. The van der Waals surface area contributed by atoms with Crippen molar-refractivity contribution < 1.29 is 9.50 Å². The summed E-state index contributed by atoms with van der Waals surface area (Å²) in [6.45, 7) is 1.42. The first-order chi connectivity index (χ1) is 8.24. The number of rotatable bonds is 4. The minimum absolute atomic E-state index is 0.215. The highest BCUT2D eigenvalue weighted by Gasteiger charge is 1.95. The van der Waals surface area contributed by atoms with E-state index in [2.05, 4.69) is 5.32 Å². The Morgan fingerprint density at radius 2 is 1.29 bits per heavy atom. The zero-order valence-electron chi connectivity index (χ0n) is 9.36. The molecule has 2 aromatic carbocycles. The van der Waals surface area contributed by atoms with Crippen molar-refractivity contribution in [3.8, 4) is 5.75 Å². The first-order valence-electron chi connectivity index (χ1n) is 5.47. The summed E-state index contributed by atoms with van der Waals surface area (Å²) in [4.78, 5) is 0. The Morgan fingerprint density at radius 3 is 1.82 bits per heavy atom. The van der Waals surface area contributed by atoms with Crippen LogP contribution in [0.15, 0.2) is 48.5 Å². The Hall–Kier alpha value is -1.87. The van der Waals surface area contributed by atoms with E-state index in [1.165, 1.54) is 12.1 Å². The van der Waals surface area contributed by atoms with Crippen molar-refractivity contribution in [2.45, 2.75) is 13.1 Å². The van der Waals surface area contributed by atoms with Crippen LogP contribution < -0.4 is 5.32 Å². The van der Waals surface area contributed by atoms with Gasteiger partial charge in [-0.25, -0.2) is 4.39 Å². The smallest absolute Gasteiger partial charge is 0.123 e. The SMILES string of the molecule is Oc1ccc(CNCc2ccc(F)cc2)cc1. The highest BCUT2D eigenvalue weighted by molar-refractivity contribution is 5.25. The summed E-state index contributed by atoms with van der Waals surface area (Å²) in [6, 6.07) is 13.5. The second kappa shape index (κ2) is 5.46. The van der Waals surface area contributed by atoms with E-state index in [1.54, 1.807) is 24.3 Å². The molecular formula is C14H14FNO. The van der Waals surface area contributed by atoms with Crippen LogP contribution in [0.1, 0.15) is 11.1 Å². The van der Waals surface area contributed by atoms with Crippen molar-refractivity contribution >= 4 is 0 Å². The summed E-state index contributed by atoms with van der Waals surface area (Å²) < 4.78 is 12.7. The van der Waals surface area contributed by atoms with Gasteiger partial charge < -0.3 is 10.4 Å². The van der Waals surface area contributed by atoms with E-state index < -0.39 is 0 Å². The Morgan fingerprint density at radius 1 is 0.824 bits per heavy atom. The quantitative estimate of drug-likeness (QED) is 0.848. The molecule has 0 radical (unpaired) electrons. The molecule has 0 fully saturated rings. The maximum absolute atomic E-state index is 12.7. The molecule has 0 aromatic heterocycles. The highest BCUT2D eigenvalue weighted by atomic mass is 19.1.